The SMILES string of the molecule is COc1cc(C2CC2C(=O)c2nc3ccccc3nc2C)cc(OC)c1OC. The summed E-state index contributed by atoms with van der Waals surface area (Å²) in [4.78, 5) is 22.2. The van der Waals surface area contributed by atoms with Gasteiger partial charge in [-0.05, 0) is 49.1 Å². The first kappa shape index (κ1) is 18.2. The predicted molar refractivity (Wildman–Crippen MR) is 106 cm³/mol. The third kappa shape index (κ3) is 3.05. The molecular weight excluding hydrogens is 356 g/mol. The highest BCUT2D eigenvalue weighted by Gasteiger charge is 2.45. The molecular formula is C22H22N2O4. The zero-order valence-electron chi connectivity index (χ0n) is 16.4. The largest absolute Gasteiger partial charge is 0.493 e. The average Bonchev–Trinajstić information content (AvgIpc) is 3.52. The fourth-order valence-corrected chi connectivity index (χ4v) is 3.67. The van der Waals surface area contributed by atoms with Crippen LogP contribution in [0.5, 0.6) is 17.2 Å². The minimum absolute atomic E-state index is 0.0366. The van der Waals surface area contributed by atoms with Crippen LogP contribution in [0.25, 0.3) is 11.0 Å². The molecule has 1 aliphatic rings. The molecule has 28 heavy (non-hydrogen) atoms. The van der Waals surface area contributed by atoms with Crippen LogP contribution >= 0.6 is 0 Å². The Hall–Kier alpha value is -3.15. The highest BCUT2D eigenvalue weighted by atomic mass is 16.5. The van der Waals surface area contributed by atoms with E-state index in [0.717, 1.165) is 23.0 Å². The zero-order valence-corrected chi connectivity index (χ0v) is 16.4. The predicted octanol–water partition coefficient (Wildman–Crippen LogP) is 3.95. The Balaban J connectivity index is 1.64. The van der Waals surface area contributed by atoms with E-state index in [-0.39, 0.29) is 17.6 Å². The maximum absolute atomic E-state index is 13.1. The number of benzene rings is 2. The van der Waals surface area contributed by atoms with Crippen molar-refractivity contribution in [1.82, 2.24) is 9.97 Å². The quantitative estimate of drug-likeness (QED) is 0.605. The second kappa shape index (κ2) is 7.11. The molecule has 0 bridgehead atoms. The molecule has 1 fully saturated rings. The number of para-hydroxylation sites is 2. The minimum atomic E-state index is -0.114. The molecule has 0 radical (unpaired) electrons. The van der Waals surface area contributed by atoms with Crippen molar-refractivity contribution < 1.29 is 19.0 Å². The zero-order chi connectivity index (χ0) is 19.8. The Labute approximate surface area is 163 Å². The highest BCUT2D eigenvalue weighted by molar-refractivity contribution is 6.00. The highest BCUT2D eigenvalue weighted by Crippen LogP contribution is 2.52. The van der Waals surface area contributed by atoms with E-state index in [1.54, 1.807) is 21.3 Å². The van der Waals surface area contributed by atoms with E-state index in [2.05, 4.69) is 9.97 Å². The number of aryl methyl sites for hydroxylation is 1. The van der Waals surface area contributed by atoms with Gasteiger partial charge in [0.1, 0.15) is 5.69 Å². The number of aromatic nitrogens is 2. The second-order valence-electron chi connectivity index (χ2n) is 6.92. The van der Waals surface area contributed by atoms with Crippen molar-refractivity contribution in [1.29, 1.82) is 0 Å². The number of hydrogen-bond acceptors (Lipinski definition) is 6. The lowest BCUT2D eigenvalue weighted by Gasteiger charge is -2.14. The van der Waals surface area contributed by atoms with E-state index < -0.39 is 0 Å². The molecule has 2 atom stereocenters. The van der Waals surface area contributed by atoms with Crippen molar-refractivity contribution in [2.75, 3.05) is 21.3 Å². The molecule has 6 heteroatoms. The number of methoxy groups -OCH3 is 3. The average molecular weight is 378 g/mol. The number of carbonyl (C=O) groups is 1. The smallest absolute Gasteiger partial charge is 0.203 e. The lowest BCUT2D eigenvalue weighted by atomic mass is 10.0. The van der Waals surface area contributed by atoms with Crippen LogP contribution in [0.15, 0.2) is 36.4 Å². The number of carbonyl (C=O) groups excluding carboxylic acids is 1. The summed E-state index contributed by atoms with van der Waals surface area (Å²) < 4.78 is 16.2. The number of nitrogens with zero attached hydrogens (tertiary/aromatic N) is 2. The van der Waals surface area contributed by atoms with Crippen LogP contribution in [-0.4, -0.2) is 37.1 Å². The van der Waals surface area contributed by atoms with Crippen LogP contribution in [0.1, 0.15) is 34.1 Å². The summed E-state index contributed by atoms with van der Waals surface area (Å²) in [5, 5.41) is 0. The fraction of sp³-hybridized carbons (Fsp3) is 0.318. The summed E-state index contributed by atoms with van der Waals surface area (Å²) in [6.07, 6.45) is 0.769. The van der Waals surface area contributed by atoms with Gasteiger partial charge in [0, 0.05) is 5.92 Å². The standard InChI is InChI=1S/C22H22N2O4/c1-12-20(24-17-8-6-5-7-16(17)23-12)21(25)15-11-14(15)13-9-18(26-2)22(28-4)19(10-13)27-3/h5-10,14-15H,11H2,1-4H3. The molecule has 0 saturated heterocycles. The van der Waals surface area contributed by atoms with E-state index in [1.807, 2.05) is 43.3 Å². The molecule has 2 unspecified atom stereocenters. The third-order valence-electron chi connectivity index (χ3n) is 5.22. The number of ether oxygens (including phenoxy) is 3. The van der Waals surface area contributed by atoms with Gasteiger partial charge < -0.3 is 14.2 Å². The molecule has 4 rings (SSSR count). The molecule has 1 heterocycles. The lowest BCUT2D eigenvalue weighted by Crippen LogP contribution is -2.10. The molecule has 0 amide bonds. The Kier molecular flexibility index (Phi) is 4.63. The number of fused-ring (bicyclic) bond motifs is 1. The van der Waals surface area contributed by atoms with Crippen molar-refractivity contribution in [2.24, 2.45) is 5.92 Å². The van der Waals surface area contributed by atoms with Gasteiger partial charge in [0.15, 0.2) is 17.3 Å². The van der Waals surface area contributed by atoms with E-state index in [9.17, 15) is 4.79 Å². The van der Waals surface area contributed by atoms with E-state index in [1.165, 1.54) is 0 Å². The molecule has 0 aliphatic heterocycles. The molecule has 0 N–H and O–H groups in total. The van der Waals surface area contributed by atoms with Crippen molar-refractivity contribution in [3.05, 3.63) is 53.3 Å². The van der Waals surface area contributed by atoms with Gasteiger partial charge in [-0.3, -0.25) is 4.79 Å². The second-order valence-corrected chi connectivity index (χ2v) is 6.92. The van der Waals surface area contributed by atoms with Crippen molar-refractivity contribution in [3.63, 3.8) is 0 Å². The van der Waals surface area contributed by atoms with Crippen molar-refractivity contribution in [2.45, 2.75) is 19.3 Å². The van der Waals surface area contributed by atoms with Crippen LogP contribution < -0.4 is 14.2 Å². The first-order valence-corrected chi connectivity index (χ1v) is 9.14. The molecule has 144 valence electrons. The lowest BCUT2D eigenvalue weighted by molar-refractivity contribution is 0.0959. The molecule has 1 saturated carbocycles. The molecule has 0 spiro atoms. The minimum Gasteiger partial charge on any atom is -0.493 e. The summed E-state index contributed by atoms with van der Waals surface area (Å²) in [7, 11) is 4.75. The van der Waals surface area contributed by atoms with Gasteiger partial charge in [-0.15, -0.1) is 0 Å². The summed E-state index contributed by atoms with van der Waals surface area (Å²) in [6, 6.07) is 11.4. The van der Waals surface area contributed by atoms with Gasteiger partial charge in [-0.1, -0.05) is 12.1 Å². The molecule has 1 aromatic heterocycles. The normalized spacial score (nSPS) is 18.0. The first-order valence-electron chi connectivity index (χ1n) is 9.14. The Morgan fingerprint density at radius 1 is 0.964 bits per heavy atom. The monoisotopic (exact) mass is 378 g/mol. The van der Waals surface area contributed by atoms with Gasteiger partial charge in [-0.25, -0.2) is 9.97 Å². The van der Waals surface area contributed by atoms with Gasteiger partial charge in [0.05, 0.1) is 38.1 Å². The Morgan fingerprint density at radius 3 is 2.14 bits per heavy atom. The van der Waals surface area contributed by atoms with Crippen LogP contribution in [0.4, 0.5) is 0 Å². The Morgan fingerprint density at radius 2 is 1.57 bits per heavy atom. The first-order chi connectivity index (χ1) is 13.6. The van der Waals surface area contributed by atoms with E-state index in [4.69, 9.17) is 14.2 Å². The summed E-state index contributed by atoms with van der Waals surface area (Å²) >= 11 is 0. The van der Waals surface area contributed by atoms with Gasteiger partial charge in [-0.2, -0.15) is 0 Å². The molecule has 1 aliphatic carbocycles. The third-order valence-corrected chi connectivity index (χ3v) is 5.22. The van der Waals surface area contributed by atoms with Gasteiger partial charge in [0.2, 0.25) is 5.75 Å². The van der Waals surface area contributed by atoms with Gasteiger partial charge >= 0.3 is 0 Å². The number of Topliss-reactive ketones (excluding diaryl/α,β-unsaturated/α-hetero) is 1. The van der Waals surface area contributed by atoms with Crippen LogP contribution in [0.2, 0.25) is 0 Å². The van der Waals surface area contributed by atoms with Crippen molar-refractivity contribution in [3.8, 4) is 17.2 Å². The van der Waals surface area contributed by atoms with Crippen molar-refractivity contribution >= 4 is 16.8 Å². The number of hydrogen-bond donors (Lipinski definition) is 0. The summed E-state index contributed by atoms with van der Waals surface area (Å²) in [5.74, 6) is 1.77. The molecule has 2 aromatic carbocycles. The maximum Gasteiger partial charge on any atom is 0.203 e. The molecule has 6 nitrogen and oxygen atoms in total. The number of ketones is 1. The molecule has 3 aromatic rings. The van der Waals surface area contributed by atoms with Crippen LogP contribution in [0.3, 0.4) is 0 Å². The van der Waals surface area contributed by atoms with Crippen LogP contribution in [-0.2, 0) is 0 Å². The fourth-order valence-electron chi connectivity index (χ4n) is 3.67. The summed E-state index contributed by atoms with van der Waals surface area (Å²) in [6.45, 7) is 1.84. The summed E-state index contributed by atoms with van der Waals surface area (Å²) in [5.41, 5.74) is 3.66. The van der Waals surface area contributed by atoms with Gasteiger partial charge in [0.25, 0.3) is 0 Å². The topological polar surface area (TPSA) is 70.5 Å². The van der Waals surface area contributed by atoms with Crippen LogP contribution in [0, 0.1) is 12.8 Å². The van der Waals surface area contributed by atoms with E-state index in [0.29, 0.717) is 28.6 Å². The maximum atomic E-state index is 13.1. The van der Waals surface area contributed by atoms with E-state index >= 15 is 0 Å². The Bertz CT molecular complexity index is 1040. The number of rotatable bonds is 6.